The smallest absolute Gasteiger partial charge is 0.128 e. The summed E-state index contributed by atoms with van der Waals surface area (Å²) in [5, 5.41) is 14.7. The molecule has 1 aromatic carbocycles. The Morgan fingerprint density at radius 1 is 1.36 bits per heavy atom. The number of benzene rings is 1. The molecule has 1 atom stereocenters. The molecule has 1 unspecified atom stereocenters. The zero-order valence-electron chi connectivity index (χ0n) is 13.8. The molecule has 124 valence electrons. The average molecular weight is 327 g/mol. The Balaban J connectivity index is 2.14. The summed E-state index contributed by atoms with van der Waals surface area (Å²) in [6.07, 6.45) is 0.148. The number of nitrogens with one attached hydrogen (secondary N) is 1. The Bertz CT molecular complexity index is 502. The first-order chi connectivity index (χ1) is 10.5. The van der Waals surface area contributed by atoms with Crippen molar-refractivity contribution in [3.63, 3.8) is 0 Å². The number of nitrogens with zero attached hydrogens (tertiary/aromatic N) is 1. The normalized spacial score (nSPS) is 17.5. The van der Waals surface area contributed by atoms with E-state index in [2.05, 4.69) is 10.2 Å². The second-order valence-corrected chi connectivity index (χ2v) is 6.28. The van der Waals surface area contributed by atoms with Crippen molar-refractivity contribution in [1.82, 2.24) is 10.2 Å². The number of aliphatic hydroxyl groups is 1. The van der Waals surface area contributed by atoms with E-state index in [1.165, 1.54) is 0 Å². The molecule has 0 amide bonds. The molecule has 0 aliphatic carbocycles. The van der Waals surface area contributed by atoms with Crippen molar-refractivity contribution in [2.24, 2.45) is 0 Å². The van der Waals surface area contributed by atoms with Crippen LogP contribution in [0.2, 0.25) is 5.02 Å². The number of hydrogen-bond acceptors (Lipinski definition) is 4. The first kappa shape index (κ1) is 17.5. The van der Waals surface area contributed by atoms with E-state index in [0.29, 0.717) is 18.1 Å². The van der Waals surface area contributed by atoms with Crippen molar-refractivity contribution in [3.8, 4) is 5.75 Å². The third-order valence-electron chi connectivity index (χ3n) is 4.26. The Morgan fingerprint density at radius 2 is 2.05 bits per heavy atom. The molecule has 2 rings (SSSR count). The number of halogens is 1. The van der Waals surface area contributed by atoms with Gasteiger partial charge in [-0.05, 0) is 44.4 Å². The first-order valence-corrected chi connectivity index (χ1v) is 8.46. The molecule has 1 aliphatic rings. The van der Waals surface area contributed by atoms with Crippen LogP contribution in [0.3, 0.4) is 0 Å². The monoisotopic (exact) mass is 326 g/mol. The van der Waals surface area contributed by atoms with Crippen molar-refractivity contribution in [2.75, 3.05) is 39.3 Å². The van der Waals surface area contributed by atoms with Crippen molar-refractivity contribution in [1.29, 1.82) is 0 Å². The SMILES string of the molecule is CCOc1c(C)cc(Cl)c(C)c1C(O)CCN1CCNCC1. The molecule has 0 saturated carbocycles. The lowest BCUT2D eigenvalue weighted by Gasteiger charge is -2.28. The lowest BCUT2D eigenvalue weighted by Crippen LogP contribution is -2.44. The first-order valence-electron chi connectivity index (χ1n) is 8.08. The minimum atomic E-state index is -0.547. The maximum atomic E-state index is 10.7. The zero-order valence-corrected chi connectivity index (χ0v) is 14.5. The number of ether oxygens (including phenoxy) is 1. The number of piperazine rings is 1. The topological polar surface area (TPSA) is 44.7 Å². The Morgan fingerprint density at radius 3 is 2.68 bits per heavy atom. The molecule has 2 N–H and O–H groups in total. The number of aryl methyl sites for hydroxylation is 1. The maximum absolute atomic E-state index is 10.7. The third kappa shape index (κ3) is 4.13. The van der Waals surface area contributed by atoms with E-state index >= 15 is 0 Å². The number of rotatable bonds is 6. The molecular formula is C17H27ClN2O2. The molecule has 0 aromatic heterocycles. The molecule has 1 saturated heterocycles. The van der Waals surface area contributed by atoms with Gasteiger partial charge >= 0.3 is 0 Å². The quantitative estimate of drug-likeness (QED) is 0.843. The van der Waals surface area contributed by atoms with Crippen LogP contribution in [0.4, 0.5) is 0 Å². The van der Waals surface area contributed by atoms with Crippen molar-refractivity contribution in [2.45, 2.75) is 33.3 Å². The average Bonchev–Trinajstić information content (AvgIpc) is 2.52. The molecule has 4 nitrogen and oxygen atoms in total. The van der Waals surface area contributed by atoms with Crippen LogP contribution >= 0.6 is 11.6 Å². The Hall–Kier alpha value is -0.810. The van der Waals surface area contributed by atoms with Crippen molar-refractivity contribution >= 4 is 11.6 Å². The Kier molecular flexibility index (Phi) is 6.50. The van der Waals surface area contributed by atoms with E-state index < -0.39 is 6.10 Å². The van der Waals surface area contributed by atoms with E-state index in [-0.39, 0.29) is 0 Å². The van der Waals surface area contributed by atoms with E-state index in [9.17, 15) is 5.11 Å². The highest BCUT2D eigenvalue weighted by Crippen LogP contribution is 2.37. The standard InChI is InChI=1S/C17H27ClN2O2/c1-4-22-17-12(2)11-14(18)13(3)16(17)15(21)5-8-20-9-6-19-7-10-20/h11,15,19,21H,4-10H2,1-3H3. The molecule has 0 spiro atoms. The van der Waals surface area contributed by atoms with Crippen LogP contribution in [0.1, 0.15) is 36.1 Å². The summed E-state index contributed by atoms with van der Waals surface area (Å²) in [4.78, 5) is 2.38. The lowest BCUT2D eigenvalue weighted by atomic mass is 9.96. The summed E-state index contributed by atoms with van der Waals surface area (Å²) >= 11 is 6.30. The van der Waals surface area contributed by atoms with Crippen LogP contribution in [0.5, 0.6) is 5.75 Å². The van der Waals surface area contributed by atoms with Crippen LogP contribution in [-0.2, 0) is 0 Å². The van der Waals surface area contributed by atoms with Crippen LogP contribution in [0.15, 0.2) is 6.07 Å². The highest BCUT2D eigenvalue weighted by Gasteiger charge is 2.21. The van der Waals surface area contributed by atoms with E-state index in [1.54, 1.807) is 0 Å². The van der Waals surface area contributed by atoms with Crippen molar-refractivity contribution < 1.29 is 9.84 Å². The molecule has 1 heterocycles. The van der Waals surface area contributed by atoms with Crippen LogP contribution in [-0.4, -0.2) is 49.3 Å². The molecule has 5 heteroatoms. The van der Waals surface area contributed by atoms with Gasteiger partial charge in [-0.1, -0.05) is 11.6 Å². The van der Waals surface area contributed by atoms with Gasteiger partial charge in [0, 0.05) is 43.3 Å². The molecule has 1 aromatic rings. The second-order valence-electron chi connectivity index (χ2n) is 5.87. The van der Waals surface area contributed by atoms with Gasteiger partial charge in [-0.3, -0.25) is 0 Å². The minimum Gasteiger partial charge on any atom is -0.493 e. The van der Waals surface area contributed by atoms with Crippen LogP contribution in [0, 0.1) is 13.8 Å². The van der Waals surface area contributed by atoms with Gasteiger partial charge in [0.15, 0.2) is 0 Å². The lowest BCUT2D eigenvalue weighted by molar-refractivity contribution is 0.132. The van der Waals surface area contributed by atoms with E-state index in [4.69, 9.17) is 16.3 Å². The fourth-order valence-electron chi connectivity index (χ4n) is 3.00. The molecule has 22 heavy (non-hydrogen) atoms. The summed E-state index contributed by atoms with van der Waals surface area (Å²) in [5.41, 5.74) is 2.75. The minimum absolute atomic E-state index is 0.547. The van der Waals surface area contributed by atoms with Gasteiger partial charge < -0.3 is 20.1 Å². The van der Waals surface area contributed by atoms with E-state index in [1.807, 2.05) is 26.8 Å². The zero-order chi connectivity index (χ0) is 16.1. The fraction of sp³-hybridized carbons (Fsp3) is 0.647. The van der Waals surface area contributed by atoms with Gasteiger partial charge in [-0.2, -0.15) is 0 Å². The van der Waals surface area contributed by atoms with Crippen molar-refractivity contribution in [3.05, 3.63) is 27.8 Å². The summed E-state index contributed by atoms with van der Waals surface area (Å²) in [7, 11) is 0. The van der Waals surface area contributed by atoms with Gasteiger partial charge in [-0.25, -0.2) is 0 Å². The Labute approximate surface area is 138 Å². The highest BCUT2D eigenvalue weighted by atomic mass is 35.5. The van der Waals surface area contributed by atoms with E-state index in [0.717, 1.165) is 55.2 Å². The molecular weight excluding hydrogens is 300 g/mol. The molecule has 1 aliphatic heterocycles. The summed E-state index contributed by atoms with van der Waals surface area (Å²) in [6, 6.07) is 1.91. The molecule has 0 radical (unpaired) electrons. The predicted molar refractivity (Wildman–Crippen MR) is 91.0 cm³/mol. The van der Waals surface area contributed by atoms with Gasteiger partial charge in [0.25, 0.3) is 0 Å². The highest BCUT2D eigenvalue weighted by molar-refractivity contribution is 6.31. The number of aliphatic hydroxyl groups excluding tert-OH is 1. The third-order valence-corrected chi connectivity index (χ3v) is 4.65. The summed E-state index contributed by atoms with van der Waals surface area (Å²) in [5.74, 6) is 0.789. The number of hydrogen-bond donors (Lipinski definition) is 2. The molecule has 0 bridgehead atoms. The van der Waals surface area contributed by atoms with Crippen LogP contribution < -0.4 is 10.1 Å². The summed E-state index contributed by atoms with van der Waals surface area (Å²) < 4.78 is 5.77. The fourth-order valence-corrected chi connectivity index (χ4v) is 3.26. The predicted octanol–water partition coefficient (Wildman–Crippen LogP) is 2.68. The summed E-state index contributed by atoms with van der Waals surface area (Å²) in [6.45, 7) is 11.5. The molecule has 1 fully saturated rings. The maximum Gasteiger partial charge on any atom is 0.128 e. The van der Waals surface area contributed by atoms with Crippen LogP contribution in [0.25, 0.3) is 0 Å². The van der Waals surface area contributed by atoms with Gasteiger partial charge in [-0.15, -0.1) is 0 Å². The van der Waals surface area contributed by atoms with Gasteiger partial charge in [0.2, 0.25) is 0 Å². The van der Waals surface area contributed by atoms with Gasteiger partial charge in [0.05, 0.1) is 12.7 Å². The second kappa shape index (κ2) is 8.16. The van der Waals surface area contributed by atoms with Gasteiger partial charge in [0.1, 0.15) is 5.75 Å². The largest absolute Gasteiger partial charge is 0.493 e.